The highest BCUT2D eigenvalue weighted by Crippen LogP contribution is 2.02. The van der Waals surface area contributed by atoms with Crippen molar-refractivity contribution in [3.63, 3.8) is 0 Å². The molecule has 0 fully saturated rings. The molecule has 1 N–H and O–H groups in total. The lowest BCUT2D eigenvalue weighted by atomic mass is 10.3. The summed E-state index contributed by atoms with van der Waals surface area (Å²) in [6.45, 7) is 1.06. The number of nitrogens with zero attached hydrogens (tertiary/aromatic N) is 3. The molecule has 0 saturated heterocycles. The molecular weight excluding hydrogens is 207 g/mol. The molecule has 2 aromatic heterocycles. The molecule has 0 aliphatic heterocycles. The Kier molecular flexibility index (Phi) is 3.26. The summed E-state index contributed by atoms with van der Waals surface area (Å²) in [7, 11) is 1.87. The number of aryl methyl sites for hydroxylation is 1. The van der Waals surface area contributed by atoms with Crippen LogP contribution in [0.1, 0.15) is 11.4 Å². The number of halogens is 1. The van der Waals surface area contributed by atoms with Crippen LogP contribution in [-0.2, 0) is 20.1 Å². The van der Waals surface area contributed by atoms with Gasteiger partial charge in [0.25, 0.3) is 0 Å². The van der Waals surface area contributed by atoms with Gasteiger partial charge in [-0.05, 0) is 18.2 Å². The fourth-order valence-electron chi connectivity index (χ4n) is 1.43. The van der Waals surface area contributed by atoms with E-state index in [0.29, 0.717) is 18.8 Å². The Balaban J connectivity index is 1.89. The Bertz CT molecular complexity index is 467. The van der Waals surface area contributed by atoms with E-state index < -0.39 is 0 Å². The normalized spacial score (nSPS) is 10.6. The molecule has 84 valence electrons. The molecule has 2 heterocycles. The largest absolute Gasteiger partial charge is 0.305 e. The van der Waals surface area contributed by atoms with E-state index in [9.17, 15) is 4.39 Å². The Morgan fingerprint density at radius 2 is 2.19 bits per heavy atom. The summed E-state index contributed by atoms with van der Waals surface area (Å²) >= 11 is 0. The monoisotopic (exact) mass is 220 g/mol. The van der Waals surface area contributed by atoms with Crippen molar-refractivity contribution >= 4 is 0 Å². The number of pyridine rings is 1. The van der Waals surface area contributed by atoms with E-state index in [0.717, 1.165) is 5.69 Å². The fourth-order valence-corrected chi connectivity index (χ4v) is 1.43. The minimum Gasteiger partial charge on any atom is -0.305 e. The van der Waals surface area contributed by atoms with Crippen molar-refractivity contribution in [3.8, 4) is 0 Å². The molecule has 16 heavy (non-hydrogen) atoms. The topological polar surface area (TPSA) is 42.7 Å². The predicted octanol–water partition coefficient (Wildman–Crippen LogP) is 1.24. The van der Waals surface area contributed by atoms with Crippen LogP contribution < -0.4 is 5.32 Å². The van der Waals surface area contributed by atoms with Gasteiger partial charge in [-0.25, -0.2) is 4.39 Å². The lowest BCUT2D eigenvalue weighted by molar-refractivity contribution is 0.564. The van der Waals surface area contributed by atoms with Gasteiger partial charge in [-0.1, -0.05) is 0 Å². The van der Waals surface area contributed by atoms with Crippen molar-refractivity contribution in [2.75, 3.05) is 0 Å². The van der Waals surface area contributed by atoms with E-state index in [2.05, 4.69) is 15.4 Å². The maximum atomic E-state index is 13.2. The number of aromatic nitrogens is 3. The zero-order chi connectivity index (χ0) is 11.4. The van der Waals surface area contributed by atoms with Crippen LogP contribution in [0.2, 0.25) is 0 Å². The number of hydrogen-bond donors (Lipinski definition) is 1. The van der Waals surface area contributed by atoms with Gasteiger partial charge in [0.2, 0.25) is 0 Å². The highest BCUT2D eigenvalue weighted by molar-refractivity contribution is 5.07. The molecule has 0 bridgehead atoms. The molecule has 0 atom stereocenters. The quantitative estimate of drug-likeness (QED) is 0.843. The third-order valence-electron chi connectivity index (χ3n) is 2.36. The third kappa shape index (κ3) is 2.43. The summed E-state index contributed by atoms with van der Waals surface area (Å²) in [5.74, 6) is -0.278. The molecule has 0 radical (unpaired) electrons. The lowest BCUT2D eigenvalue weighted by Crippen LogP contribution is -2.16. The minimum atomic E-state index is -0.278. The first-order valence-corrected chi connectivity index (χ1v) is 5.04. The standard InChI is InChI=1S/C11H13FN4/c1-16-9(4-6-15-16)7-13-8-11-10(12)3-2-5-14-11/h2-6,13H,7-8H2,1H3. The van der Waals surface area contributed by atoms with E-state index in [1.807, 2.05) is 13.1 Å². The summed E-state index contributed by atoms with van der Waals surface area (Å²) in [5.41, 5.74) is 1.49. The van der Waals surface area contributed by atoms with Crippen molar-refractivity contribution in [1.29, 1.82) is 0 Å². The second-order valence-electron chi connectivity index (χ2n) is 3.48. The Morgan fingerprint density at radius 1 is 1.31 bits per heavy atom. The Morgan fingerprint density at radius 3 is 2.88 bits per heavy atom. The predicted molar refractivity (Wildman–Crippen MR) is 57.9 cm³/mol. The van der Waals surface area contributed by atoms with Gasteiger partial charge in [0.05, 0.1) is 11.4 Å². The van der Waals surface area contributed by atoms with Gasteiger partial charge in [-0.15, -0.1) is 0 Å². The highest BCUT2D eigenvalue weighted by Gasteiger charge is 2.02. The van der Waals surface area contributed by atoms with Crippen LogP contribution in [0.3, 0.4) is 0 Å². The van der Waals surface area contributed by atoms with Crippen LogP contribution in [0.15, 0.2) is 30.6 Å². The maximum absolute atomic E-state index is 13.2. The van der Waals surface area contributed by atoms with E-state index in [1.54, 1.807) is 23.1 Å². The van der Waals surface area contributed by atoms with Gasteiger partial charge in [-0.3, -0.25) is 9.67 Å². The molecular formula is C11H13FN4. The first kappa shape index (κ1) is 10.8. The number of rotatable bonds is 4. The van der Waals surface area contributed by atoms with Gasteiger partial charge >= 0.3 is 0 Å². The van der Waals surface area contributed by atoms with Crippen molar-refractivity contribution in [1.82, 2.24) is 20.1 Å². The summed E-state index contributed by atoms with van der Waals surface area (Å²) in [6.07, 6.45) is 3.32. The van der Waals surface area contributed by atoms with Crippen molar-refractivity contribution in [3.05, 3.63) is 47.8 Å². The van der Waals surface area contributed by atoms with E-state index >= 15 is 0 Å². The molecule has 0 unspecified atom stereocenters. The van der Waals surface area contributed by atoms with Crippen LogP contribution in [-0.4, -0.2) is 14.8 Å². The first-order chi connectivity index (χ1) is 7.77. The molecule has 5 heteroatoms. The van der Waals surface area contributed by atoms with Crippen molar-refractivity contribution in [2.24, 2.45) is 7.05 Å². The Labute approximate surface area is 93.1 Å². The molecule has 4 nitrogen and oxygen atoms in total. The van der Waals surface area contributed by atoms with Crippen molar-refractivity contribution in [2.45, 2.75) is 13.1 Å². The molecule has 0 aliphatic carbocycles. The highest BCUT2D eigenvalue weighted by atomic mass is 19.1. The van der Waals surface area contributed by atoms with Gasteiger partial charge in [-0.2, -0.15) is 5.10 Å². The van der Waals surface area contributed by atoms with Crippen LogP contribution in [0.5, 0.6) is 0 Å². The summed E-state index contributed by atoms with van der Waals surface area (Å²) in [5, 5.41) is 7.17. The molecule has 2 aromatic rings. The van der Waals surface area contributed by atoms with Gasteiger partial charge in [0.15, 0.2) is 0 Å². The van der Waals surface area contributed by atoms with Crippen LogP contribution in [0.4, 0.5) is 4.39 Å². The van der Waals surface area contributed by atoms with Gasteiger partial charge < -0.3 is 5.32 Å². The zero-order valence-corrected chi connectivity index (χ0v) is 9.02. The number of hydrogen-bond acceptors (Lipinski definition) is 3. The second kappa shape index (κ2) is 4.85. The number of nitrogens with one attached hydrogen (secondary N) is 1. The molecule has 0 aliphatic rings. The lowest BCUT2D eigenvalue weighted by Gasteiger charge is -2.05. The minimum absolute atomic E-state index is 0.278. The van der Waals surface area contributed by atoms with Gasteiger partial charge in [0, 0.05) is 32.5 Å². The second-order valence-corrected chi connectivity index (χ2v) is 3.48. The van der Waals surface area contributed by atoms with Crippen LogP contribution >= 0.6 is 0 Å². The van der Waals surface area contributed by atoms with E-state index in [4.69, 9.17) is 0 Å². The van der Waals surface area contributed by atoms with E-state index in [-0.39, 0.29) is 5.82 Å². The van der Waals surface area contributed by atoms with Crippen LogP contribution in [0, 0.1) is 5.82 Å². The van der Waals surface area contributed by atoms with Gasteiger partial charge in [0.1, 0.15) is 5.82 Å². The smallest absolute Gasteiger partial charge is 0.146 e. The van der Waals surface area contributed by atoms with Crippen molar-refractivity contribution < 1.29 is 4.39 Å². The zero-order valence-electron chi connectivity index (χ0n) is 9.02. The molecule has 0 saturated carbocycles. The van der Waals surface area contributed by atoms with Crippen LogP contribution in [0.25, 0.3) is 0 Å². The molecule has 0 aromatic carbocycles. The SMILES string of the molecule is Cn1nccc1CNCc1ncccc1F. The summed E-state index contributed by atoms with van der Waals surface area (Å²) in [4.78, 5) is 3.96. The Hall–Kier alpha value is -1.75. The summed E-state index contributed by atoms with van der Waals surface area (Å²) < 4.78 is 15.0. The molecule has 2 rings (SSSR count). The summed E-state index contributed by atoms with van der Waals surface area (Å²) in [6, 6.07) is 4.91. The average molecular weight is 220 g/mol. The third-order valence-corrected chi connectivity index (χ3v) is 2.36. The fraction of sp³-hybridized carbons (Fsp3) is 0.273. The molecule has 0 spiro atoms. The molecule has 0 amide bonds. The maximum Gasteiger partial charge on any atom is 0.146 e. The van der Waals surface area contributed by atoms with E-state index in [1.165, 1.54) is 6.07 Å². The first-order valence-electron chi connectivity index (χ1n) is 5.04. The average Bonchev–Trinajstić information content (AvgIpc) is 2.67.